The lowest BCUT2D eigenvalue weighted by Crippen LogP contribution is -2.07. The van der Waals surface area contributed by atoms with Crippen LogP contribution in [0.3, 0.4) is 0 Å². The molecule has 17 heavy (non-hydrogen) atoms. The average Bonchev–Trinajstić information content (AvgIpc) is 2.76. The molecular formula is C12H14N4S. The molecule has 0 spiro atoms. The number of aryl methyl sites for hydroxylation is 2. The highest BCUT2D eigenvalue weighted by Crippen LogP contribution is 2.42. The minimum atomic E-state index is 0.490. The van der Waals surface area contributed by atoms with Gasteiger partial charge in [0, 0.05) is 12.3 Å². The predicted molar refractivity (Wildman–Crippen MR) is 66.8 cm³/mol. The highest BCUT2D eigenvalue weighted by atomic mass is 32.2. The molecule has 1 aliphatic carbocycles. The molecule has 0 fully saturated rings. The van der Waals surface area contributed by atoms with Gasteiger partial charge in [-0.3, -0.25) is 0 Å². The Labute approximate surface area is 104 Å². The van der Waals surface area contributed by atoms with Gasteiger partial charge in [-0.25, -0.2) is 4.68 Å². The van der Waals surface area contributed by atoms with E-state index in [0.29, 0.717) is 5.25 Å². The number of hydrogen-bond donors (Lipinski definition) is 0. The smallest absolute Gasteiger partial charge is 0.209 e. The summed E-state index contributed by atoms with van der Waals surface area (Å²) in [4.78, 5) is 0. The van der Waals surface area contributed by atoms with Crippen LogP contribution in [0.15, 0.2) is 29.4 Å². The van der Waals surface area contributed by atoms with Gasteiger partial charge < -0.3 is 0 Å². The van der Waals surface area contributed by atoms with E-state index < -0.39 is 0 Å². The molecule has 0 amide bonds. The molecule has 0 radical (unpaired) electrons. The molecule has 0 aliphatic heterocycles. The first kappa shape index (κ1) is 10.8. The minimum absolute atomic E-state index is 0.490. The largest absolute Gasteiger partial charge is 0.224 e. The van der Waals surface area contributed by atoms with E-state index in [0.717, 1.165) is 5.16 Å². The Morgan fingerprint density at radius 1 is 1.35 bits per heavy atom. The first-order valence-corrected chi connectivity index (χ1v) is 6.69. The maximum Gasteiger partial charge on any atom is 0.209 e. The molecular weight excluding hydrogens is 232 g/mol. The van der Waals surface area contributed by atoms with Crippen LogP contribution in [0.25, 0.3) is 0 Å². The quantitative estimate of drug-likeness (QED) is 0.816. The average molecular weight is 246 g/mol. The van der Waals surface area contributed by atoms with Gasteiger partial charge >= 0.3 is 0 Å². The Hall–Kier alpha value is -1.36. The van der Waals surface area contributed by atoms with Crippen LogP contribution in [0.4, 0.5) is 0 Å². The third kappa shape index (κ3) is 2.07. The number of tetrazole rings is 1. The number of aromatic nitrogens is 4. The number of fused-ring (bicyclic) bond motifs is 1. The van der Waals surface area contributed by atoms with E-state index in [2.05, 4.69) is 39.8 Å². The number of nitrogens with zero attached hydrogens (tertiary/aromatic N) is 4. The maximum atomic E-state index is 4.05. The van der Waals surface area contributed by atoms with Gasteiger partial charge in [0.25, 0.3) is 0 Å². The molecule has 1 atom stereocenters. The number of benzene rings is 1. The van der Waals surface area contributed by atoms with Crippen LogP contribution in [0.5, 0.6) is 0 Å². The van der Waals surface area contributed by atoms with Crippen LogP contribution >= 0.6 is 11.8 Å². The van der Waals surface area contributed by atoms with Crippen molar-refractivity contribution in [1.29, 1.82) is 0 Å². The highest BCUT2D eigenvalue weighted by Gasteiger charge is 2.22. The molecule has 3 rings (SSSR count). The number of hydrogen-bond acceptors (Lipinski definition) is 4. The molecule has 1 unspecified atom stereocenters. The van der Waals surface area contributed by atoms with Crippen molar-refractivity contribution in [3.05, 3.63) is 35.4 Å². The van der Waals surface area contributed by atoms with Gasteiger partial charge in [0.2, 0.25) is 5.16 Å². The Balaban J connectivity index is 1.88. The topological polar surface area (TPSA) is 43.6 Å². The summed E-state index contributed by atoms with van der Waals surface area (Å²) in [7, 11) is 1.89. The zero-order valence-corrected chi connectivity index (χ0v) is 10.5. The van der Waals surface area contributed by atoms with Crippen molar-refractivity contribution in [2.24, 2.45) is 7.05 Å². The van der Waals surface area contributed by atoms with Crippen molar-refractivity contribution in [1.82, 2.24) is 20.2 Å². The molecule has 4 nitrogen and oxygen atoms in total. The van der Waals surface area contributed by atoms with E-state index in [-0.39, 0.29) is 0 Å². The zero-order chi connectivity index (χ0) is 11.7. The van der Waals surface area contributed by atoms with Crippen LogP contribution in [-0.2, 0) is 13.5 Å². The molecule has 0 saturated heterocycles. The second-order valence-electron chi connectivity index (χ2n) is 4.28. The maximum absolute atomic E-state index is 4.05. The second-order valence-corrected chi connectivity index (χ2v) is 5.45. The third-order valence-corrected chi connectivity index (χ3v) is 4.47. The predicted octanol–water partition coefficient (Wildman–Crippen LogP) is 2.38. The molecule has 1 aromatic carbocycles. The van der Waals surface area contributed by atoms with Gasteiger partial charge in [0.15, 0.2) is 0 Å². The van der Waals surface area contributed by atoms with Crippen LogP contribution in [0, 0.1) is 0 Å². The first-order valence-electron chi connectivity index (χ1n) is 5.81. The van der Waals surface area contributed by atoms with Crippen molar-refractivity contribution in [3.8, 4) is 0 Å². The fourth-order valence-corrected chi connectivity index (χ4v) is 3.45. The van der Waals surface area contributed by atoms with E-state index in [9.17, 15) is 0 Å². The van der Waals surface area contributed by atoms with Gasteiger partial charge in [0.05, 0.1) is 0 Å². The van der Waals surface area contributed by atoms with Gasteiger partial charge in [-0.15, -0.1) is 5.10 Å². The Morgan fingerprint density at radius 3 is 3.06 bits per heavy atom. The Kier molecular flexibility index (Phi) is 2.84. The minimum Gasteiger partial charge on any atom is -0.224 e. The van der Waals surface area contributed by atoms with E-state index in [4.69, 9.17) is 0 Å². The third-order valence-electron chi connectivity index (χ3n) is 3.14. The summed E-state index contributed by atoms with van der Waals surface area (Å²) in [5.41, 5.74) is 2.93. The SMILES string of the molecule is Cn1nnnc1SC1CCCc2ccccc21. The van der Waals surface area contributed by atoms with Crippen LogP contribution in [-0.4, -0.2) is 20.2 Å². The molecule has 2 aromatic rings. The van der Waals surface area contributed by atoms with Crippen molar-refractivity contribution in [3.63, 3.8) is 0 Å². The van der Waals surface area contributed by atoms with Gasteiger partial charge in [-0.05, 0) is 40.8 Å². The van der Waals surface area contributed by atoms with E-state index in [1.54, 1.807) is 16.4 Å². The Morgan fingerprint density at radius 2 is 2.24 bits per heavy atom. The molecule has 0 saturated carbocycles. The van der Waals surface area contributed by atoms with Gasteiger partial charge in [-0.2, -0.15) is 0 Å². The first-order chi connectivity index (χ1) is 8.34. The fraction of sp³-hybridized carbons (Fsp3) is 0.417. The monoisotopic (exact) mass is 246 g/mol. The molecule has 1 aromatic heterocycles. The standard InChI is InChI=1S/C12H14N4S/c1-16-12(13-14-15-16)17-11-8-4-6-9-5-2-3-7-10(9)11/h2-3,5,7,11H,4,6,8H2,1H3. The second kappa shape index (κ2) is 4.49. The summed E-state index contributed by atoms with van der Waals surface area (Å²) in [5, 5.41) is 13.0. The van der Waals surface area contributed by atoms with E-state index >= 15 is 0 Å². The summed E-state index contributed by atoms with van der Waals surface area (Å²) in [5.74, 6) is 0. The van der Waals surface area contributed by atoms with Crippen LogP contribution < -0.4 is 0 Å². The normalized spacial score (nSPS) is 19.0. The Bertz CT molecular complexity index is 523. The summed E-state index contributed by atoms with van der Waals surface area (Å²) in [6.45, 7) is 0. The summed E-state index contributed by atoms with van der Waals surface area (Å²) >= 11 is 1.77. The molecule has 0 bridgehead atoms. The summed E-state index contributed by atoms with van der Waals surface area (Å²) < 4.78 is 1.74. The van der Waals surface area contributed by atoms with Crippen molar-refractivity contribution < 1.29 is 0 Å². The molecule has 5 heteroatoms. The van der Waals surface area contributed by atoms with Gasteiger partial charge in [0.1, 0.15) is 0 Å². The fourth-order valence-electron chi connectivity index (χ4n) is 2.28. The van der Waals surface area contributed by atoms with Crippen LogP contribution in [0.2, 0.25) is 0 Å². The zero-order valence-electron chi connectivity index (χ0n) is 9.71. The molecule has 1 heterocycles. The summed E-state index contributed by atoms with van der Waals surface area (Å²) in [6.07, 6.45) is 3.65. The molecule has 0 N–H and O–H groups in total. The lowest BCUT2D eigenvalue weighted by molar-refractivity contribution is 0.649. The van der Waals surface area contributed by atoms with E-state index in [1.165, 1.54) is 30.4 Å². The summed E-state index contributed by atoms with van der Waals surface area (Å²) in [6, 6.07) is 8.70. The van der Waals surface area contributed by atoms with Crippen LogP contribution in [0.1, 0.15) is 29.2 Å². The van der Waals surface area contributed by atoms with Crippen molar-refractivity contribution >= 4 is 11.8 Å². The lowest BCUT2D eigenvalue weighted by Gasteiger charge is -2.24. The number of rotatable bonds is 2. The highest BCUT2D eigenvalue weighted by molar-refractivity contribution is 7.99. The van der Waals surface area contributed by atoms with Crippen molar-refractivity contribution in [2.75, 3.05) is 0 Å². The van der Waals surface area contributed by atoms with E-state index in [1.807, 2.05) is 7.05 Å². The van der Waals surface area contributed by atoms with Crippen molar-refractivity contribution in [2.45, 2.75) is 29.7 Å². The lowest BCUT2D eigenvalue weighted by atomic mass is 9.91. The molecule has 88 valence electrons. The van der Waals surface area contributed by atoms with Gasteiger partial charge in [-0.1, -0.05) is 36.0 Å². The molecule has 1 aliphatic rings. The number of thioether (sulfide) groups is 1.